The van der Waals surface area contributed by atoms with Crippen LogP contribution in [0, 0.1) is 11.8 Å². The number of amides is 2. The molecular weight excluding hydrogens is 308 g/mol. The van der Waals surface area contributed by atoms with Gasteiger partial charge in [0.15, 0.2) is 0 Å². The van der Waals surface area contributed by atoms with E-state index in [4.69, 9.17) is 16.3 Å². The molecule has 1 aromatic heterocycles. The molecule has 1 N–H and O–H groups in total. The Hall–Kier alpha value is -0.780. The molecule has 21 heavy (non-hydrogen) atoms. The standard InChI is InChI=1S/C15H21ClN2O2S/c16-14-2-1-13(21-14)9-17-15(19)18-6-3-12(10-18)11-4-7-20-8-5-11/h1-2,11-12H,3-10H2,(H,17,19)/t12-/m0/s1. The first-order valence-electron chi connectivity index (χ1n) is 7.57. The van der Waals surface area contributed by atoms with Crippen LogP contribution in [0.15, 0.2) is 12.1 Å². The Morgan fingerprint density at radius 3 is 2.86 bits per heavy atom. The van der Waals surface area contributed by atoms with Gasteiger partial charge in [0.2, 0.25) is 0 Å². The van der Waals surface area contributed by atoms with Crippen molar-refractivity contribution in [3.05, 3.63) is 21.3 Å². The molecule has 2 aliphatic rings. The van der Waals surface area contributed by atoms with Crippen molar-refractivity contribution in [2.45, 2.75) is 25.8 Å². The van der Waals surface area contributed by atoms with Gasteiger partial charge in [0.05, 0.1) is 10.9 Å². The molecule has 4 nitrogen and oxygen atoms in total. The van der Waals surface area contributed by atoms with Gasteiger partial charge in [-0.2, -0.15) is 0 Å². The first kappa shape index (κ1) is 15.1. The Morgan fingerprint density at radius 1 is 1.33 bits per heavy atom. The zero-order valence-electron chi connectivity index (χ0n) is 12.0. The molecule has 2 fully saturated rings. The van der Waals surface area contributed by atoms with E-state index < -0.39 is 0 Å². The molecule has 1 atom stereocenters. The highest BCUT2D eigenvalue weighted by Crippen LogP contribution is 2.31. The Kier molecular flexibility index (Phi) is 5.03. The van der Waals surface area contributed by atoms with Gasteiger partial charge >= 0.3 is 6.03 Å². The summed E-state index contributed by atoms with van der Waals surface area (Å²) in [5.74, 6) is 1.38. The molecule has 3 rings (SSSR count). The fraction of sp³-hybridized carbons (Fsp3) is 0.667. The summed E-state index contributed by atoms with van der Waals surface area (Å²) >= 11 is 7.41. The van der Waals surface area contributed by atoms with Crippen LogP contribution in [0.2, 0.25) is 4.34 Å². The predicted octanol–water partition coefficient (Wildman–Crippen LogP) is 3.36. The Balaban J connectivity index is 1.45. The molecule has 0 radical (unpaired) electrons. The van der Waals surface area contributed by atoms with E-state index in [0.717, 1.165) is 60.7 Å². The van der Waals surface area contributed by atoms with E-state index in [9.17, 15) is 4.79 Å². The minimum Gasteiger partial charge on any atom is -0.381 e. The fourth-order valence-electron chi connectivity index (χ4n) is 3.27. The number of carbonyl (C=O) groups excluding carboxylic acids is 1. The molecule has 2 amide bonds. The summed E-state index contributed by atoms with van der Waals surface area (Å²) in [6.45, 7) is 4.09. The molecule has 0 aliphatic carbocycles. The number of nitrogens with zero attached hydrogens (tertiary/aromatic N) is 1. The van der Waals surface area contributed by atoms with E-state index in [2.05, 4.69) is 5.32 Å². The Morgan fingerprint density at radius 2 is 2.14 bits per heavy atom. The maximum absolute atomic E-state index is 12.2. The number of hydrogen-bond acceptors (Lipinski definition) is 3. The van der Waals surface area contributed by atoms with Crippen LogP contribution in [-0.2, 0) is 11.3 Å². The molecule has 6 heteroatoms. The zero-order valence-corrected chi connectivity index (χ0v) is 13.6. The molecule has 1 aromatic rings. The Labute approximate surface area is 134 Å². The van der Waals surface area contributed by atoms with Crippen LogP contribution in [0.3, 0.4) is 0 Å². The van der Waals surface area contributed by atoms with E-state index in [0.29, 0.717) is 12.5 Å². The Bertz CT molecular complexity index is 488. The van der Waals surface area contributed by atoms with Crippen molar-refractivity contribution >= 4 is 29.0 Å². The summed E-state index contributed by atoms with van der Waals surface area (Å²) in [6.07, 6.45) is 3.42. The summed E-state index contributed by atoms with van der Waals surface area (Å²) < 4.78 is 6.18. The average Bonchev–Trinajstić information content (AvgIpc) is 3.15. The van der Waals surface area contributed by atoms with Crippen LogP contribution >= 0.6 is 22.9 Å². The average molecular weight is 329 g/mol. The van der Waals surface area contributed by atoms with Crippen molar-refractivity contribution in [1.82, 2.24) is 10.2 Å². The van der Waals surface area contributed by atoms with Gasteiger partial charge in [0.1, 0.15) is 0 Å². The van der Waals surface area contributed by atoms with Crippen molar-refractivity contribution in [1.29, 1.82) is 0 Å². The minimum atomic E-state index is 0.0501. The largest absolute Gasteiger partial charge is 0.381 e. The maximum atomic E-state index is 12.2. The van der Waals surface area contributed by atoms with E-state index in [1.165, 1.54) is 11.3 Å². The number of thiophene rings is 1. The van der Waals surface area contributed by atoms with Gasteiger partial charge in [0, 0.05) is 31.2 Å². The molecule has 2 aliphatic heterocycles. The number of rotatable bonds is 3. The second-order valence-electron chi connectivity index (χ2n) is 5.81. The molecular formula is C15H21ClN2O2S. The van der Waals surface area contributed by atoms with Crippen molar-refractivity contribution in [3.63, 3.8) is 0 Å². The smallest absolute Gasteiger partial charge is 0.317 e. The molecule has 2 saturated heterocycles. The van der Waals surface area contributed by atoms with Gasteiger partial charge in [-0.3, -0.25) is 0 Å². The molecule has 0 aromatic carbocycles. The molecule has 0 bridgehead atoms. The van der Waals surface area contributed by atoms with Crippen LogP contribution in [0.1, 0.15) is 24.1 Å². The zero-order chi connectivity index (χ0) is 14.7. The van der Waals surface area contributed by atoms with Crippen molar-refractivity contribution in [2.75, 3.05) is 26.3 Å². The number of likely N-dealkylation sites (tertiary alicyclic amines) is 1. The van der Waals surface area contributed by atoms with Crippen molar-refractivity contribution < 1.29 is 9.53 Å². The monoisotopic (exact) mass is 328 g/mol. The highest BCUT2D eigenvalue weighted by atomic mass is 35.5. The van der Waals surface area contributed by atoms with Crippen LogP contribution < -0.4 is 5.32 Å². The SMILES string of the molecule is O=C(NCc1ccc(Cl)s1)N1CC[C@H](C2CCOCC2)C1. The summed E-state index contributed by atoms with van der Waals surface area (Å²) in [4.78, 5) is 15.3. The summed E-state index contributed by atoms with van der Waals surface area (Å²) in [5.41, 5.74) is 0. The number of ether oxygens (including phenoxy) is 1. The summed E-state index contributed by atoms with van der Waals surface area (Å²) in [5, 5.41) is 2.99. The fourth-order valence-corrected chi connectivity index (χ4v) is 4.29. The van der Waals surface area contributed by atoms with Gasteiger partial charge in [0.25, 0.3) is 0 Å². The van der Waals surface area contributed by atoms with E-state index in [1.54, 1.807) is 0 Å². The summed E-state index contributed by atoms with van der Waals surface area (Å²) in [7, 11) is 0. The lowest BCUT2D eigenvalue weighted by atomic mass is 9.85. The molecule has 116 valence electrons. The third kappa shape index (κ3) is 3.90. The van der Waals surface area contributed by atoms with Gasteiger partial charge in [-0.25, -0.2) is 4.79 Å². The third-order valence-electron chi connectivity index (χ3n) is 4.49. The lowest BCUT2D eigenvalue weighted by Crippen LogP contribution is -2.38. The van der Waals surface area contributed by atoms with E-state index >= 15 is 0 Å². The lowest BCUT2D eigenvalue weighted by Gasteiger charge is -2.27. The van der Waals surface area contributed by atoms with Crippen LogP contribution in [-0.4, -0.2) is 37.2 Å². The first-order valence-corrected chi connectivity index (χ1v) is 8.76. The molecule has 3 heterocycles. The highest BCUT2D eigenvalue weighted by molar-refractivity contribution is 7.16. The summed E-state index contributed by atoms with van der Waals surface area (Å²) in [6, 6.07) is 3.88. The third-order valence-corrected chi connectivity index (χ3v) is 5.72. The predicted molar refractivity (Wildman–Crippen MR) is 84.8 cm³/mol. The minimum absolute atomic E-state index is 0.0501. The van der Waals surface area contributed by atoms with Crippen molar-refractivity contribution in [2.24, 2.45) is 11.8 Å². The number of hydrogen-bond donors (Lipinski definition) is 1. The number of halogens is 1. The molecule has 0 saturated carbocycles. The van der Waals surface area contributed by atoms with Crippen molar-refractivity contribution in [3.8, 4) is 0 Å². The maximum Gasteiger partial charge on any atom is 0.317 e. The van der Waals surface area contributed by atoms with Gasteiger partial charge in [-0.05, 0) is 43.2 Å². The second-order valence-corrected chi connectivity index (χ2v) is 7.61. The van der Waals surface area contributed by atoms with Crippen LogP contribution in [0.5, 0.6) is 0 Å². The van der Waals surface area contributed by atoms with E-state index in [-0.39, 0.29) is 6.03 Å². The van der Waals surface area contributed by atoms with Crippen LogP contribution in [0.4, 0.5) is 4.79 Å². The number of urea groups is 1. The topological polar surface area (TPSA) is 41.6 Å². The van der Waals surface area contributed by atoms with Gasteiger partial charge in [-0.1, -0.05) is 11.6 Å². The quantitative estimate of drug-likeness (QED) is 0.924. The normalized spacial score (nSPS) is 23.5. The van der Waals surface area contributed by atoms with Gasteiger partial charge < -0.3 is 15.0 Å². The number of nitrogens with one attached hydrogen (secondary N) is 1. The van der Waals surface area contributed by atoms with E-state index in [1.807, 2.05) is 17.0 Å². The van der Waals surface area contributed by atoms with Crippen LogP contribution in [0.25, 0.3) is 0 Å². The second kappa shape index (κ2) is 6.99. The highest BCUT2D eigenvalue weighted by Gasteiger charge is 2.32. The number of carbonyl (C=O) groups is 1. The van der Waals surface area contributed by atoms with Gasteiger partial charge in [-0.15, -0.1) is 11.3 Å². The molecule has 0 unspecified atom stereocenters. The first-order chi connectivity index (χ1) is 10.2. The molecule has 0 spiro atoms. The lowest BCUT2D eigenvalue weighted by molar-refractivity contribution is 0.0484.